The second-order valence-corrected chi connectivity index (χ2v) is 6.92. The van der Waals surface area contributed by atoms with E-state index in [0.29, 0.717) is 32.2 Å². The highest BCUT2D eigenvalue weighted by atomic mass is 16.5. The second kappa shape index (κ2) is 7.71. The molecule has 1 fully saturated rings. The number of para-hydroxylation sites is 1. The Balaban J connectivity index is 1.52. The van der Waals surface area contributed by atoms with Gasteiger partial charge in [-0.15, -0.1) is 0 Å². The molecule has 0 spiro atoms. The van der Waals surface area contributed by atoms with Crippen LogP contribution in [-0.2, 0) is 11.2 Å². The number of urea groups is 1. The average molecular weight is 329 g/mol. The first-order chi connectivity index (χ1) is 11.6. The molecule has 2 N–H and O–H groups in total. The number of nitrogens with zero attached hydrogens (tertiary/aromatic N) is 1. The van der Waals surface area contributed by atoms with Crippen LogP contribution in [0, 0.1) is 5.92 Å². The molecule has 1 saturated heterocycles. The molecule has 0 radical (unpaired) electrons. The van der Waals surface area contributed by atoms with E-state index in [1.54, 1.807) is 0 Å². The quantitative estimate of drug-likeness (QED) is 0.885. The zero-order chi connectivity index (χ0) is 16.9. The summed E-state index contributed by atoms with van der Waals surface area (Å²) in [4.78, 5) is 17.8. The van der Waals surface area contributed by atoms with Crippen molar-refractivity contribution in [1.29, 1.82) is 0 Å². The molecular formula is C19H27N3O2. The van der Waals surface area contributed by atoms with Crippen molar-refractivity contribution in [3.8, 4) is 0 Å². The number of carbonyl (C=O) groups is 1. The smallest absolute Gasteiger partial charge is 0.317 e. The Kier molecular flexibility index (Phi) is 5.41. The lowest BCUT2D eigenvalue weighted by molar-refractivity contribution is 0.00564. The van der Waals surface area contributed by atoms with Crippen molar-refractivity contribution >= 4 is 16.9 Å². The van der Waals surface area contributed by atoms with Gasteiger partial charge in [0.1, 0.15) is 0 Å². The van der Waals surface area contributed by atoms with Crippen molar-refractivity contribution in [1.82, 2.24) is 15.2 Å². The van der Waals surface area contributed by atoms with Gasteiger partial charge in [0.05, 0.1) is 19.3 Å². The van der Waals surface area contributed by atoms with Gasteiger partial charge in [0.2, 0.25) is 0 Å². The molecule has 0 bridgehead atoms. The zero-order valence-corrected chi connectivity index (χ0v) is 14.5. The van der Waals surface area contributed by atoms with Crippen LogP contribution < -0.4 is 5.32 Å². The van der Waals surface area contributed by atoms with Crippen LogP contribution in [0.3, 0.4) is 0 Å². The maximum Gasteiger partial charge on any atom is 0.317 e. The van der Waals surface area contributed by atoms with Gasteiger partial charge in [-0.25, -0.2) is 4.79 Å². The maximum atomic E-state index is 12.5. The number of amides is 2. The fraction of sp³-hybridized carbons (Fsp3) is 0.526. The minimum absolute atomic E-state index is 0.0278. The summed E-state index contributed by atoms with van der Waals surface area (Å²) in [6, 6.07) is 10.6. The minimum atomic E-state index is 0.0278. The first kappa shape index (κ1) is 16.8. The summed E-state index contributed by atoms with van der Waals surface area (Å²) >= 11 is 0. The molecule has 2 heterocycles. The number of fused-ring (bicyclic) bond motifs is 1. The summed E-state index contributed by atoms with van der Waals surface area (Å²) in [5.74, 6) is 0.554. The Morgan fingerprint density at radius 2 is 2.25 bits per heavy atom. The molecule has 0 aliphatic carbocycles. The van der Waals surface area contributed by atoms with Crippen molar-refractivity contribution in [2.75, 3.05) is 26.3 Å². The van der Waals surface area contributed by atoms with Crippen molar-refractivity contribution < 1.29 is 9.53 Å². The van der Waals surface area contributed by atoms with Crippen molar-refractivity contribution in [3.05, 3.63) is 36.0 Å². The molecular weight excluding hydrogens is 302 g/mol. The predicted molar refractivity (Wildman–Crippen MR) is 96.2 cm³/mol. The van der Waals surface area contributed by atoms with Crippen molar-refractivity contribution in [2.45, 2.75) is 32.7 Å². The van der Waals surface area contributed by atoms with Crippen molar-refractivity contribution in [2.24, 2.45) is 5.92 Å². The number of ether oxygens (including phenoxy) is 1. The van der Waals surface area contributed by atoms with Crippen LogP contribution in [0.1, 0.15) is 26.0 Å². The minimum Gasteiger partial charge on any atom is -0.377 e. The standard InChI is InChI=1S/C19H27N3O2/c1-14(2)11-17-13-24-10-9-22(17)19(23)20-8-7-16-12-15-5-3-4-6-18(15)21-16/h3-6,12,14,17,21H,7-11,13H2,1-2H3,(H,20,23). The molecule has 1 aromatic carbocycles. The van der Waals surface area contributed by atoms with Gasteiger partial charge >= 0.3 is 6.03 Å². The highest BCUT2D eigenvalue weighted by Gasteiger charge is 2.27. The van der Waals surface area contributed by atoms with E-state index in [-0.39, 0.29) is 12.1 Å². The van der Waals surface area contributed by atoms with Gasteiger partial charge in [-0.1, -0.05) is 32.0 Å². The molecule has 1 atom stereocenters. The highest BCUT2D eigenvalue weighted by molar-refractivity contribution is 5.80. The van der Waals surface area contributed by atoms with E-state index < -0.39 is 0 Å². The third-order valence-corrected chi connectivity index (χ3v) is 4.49. The van der Waals surface area contributed by atoms with Gasteiger partial charge in [-0.3, -0.25) is 0 Å². The Morgan fingerprint density at radius 1 is 1.42 bits per heavy atom. The van der Waals surface area contributed by atoms with Crippen LogP contribution in [0.4, 0.5) is 4.79 Å². The first-order valence-corrected chi connectivity index (χ1v) is 8.82. The Labute approximate surface area is 143 Å². The molecule has 1 unspecified atom stereocenters. The molecule has 1 aliphatic heterocycles. The van der Waals surface area contributed by atoms with E-state index in [0.717, 1.165) is 24.1 Å². The number of benzene rings is 1. The summed E-state index contributed by atoms with van der Waals surface area (Å²) in [7, 11) is 0. The average Bonchev–Trinajstić information content (AvgIpc) is 2.97. The van der Waals surface area contributed by atoms with Gasteiger partial charge in [0, 0.05) is 30.7 Å². The number of carbonyl (C=O) groups excluding carboxylic acids is 1. The maximum absolute atomic E-state index is 12.5. The van der Waals surface area contributed by atoms with Crippen LogP contribution in [0.25, 0.3) is 10.9 Å². The monoisotopic (exact) mass is 329 g/mol. The van der Waals surface area contributed by atoms with E-state index in [1.165, 1.54) is 5.39 Å². The topological polar surface area (TPSA) is 57.4 Å². The van der Waals surface area contributed by atoms with E-state index in [4.69, 9.17) is 4.74 Å². The highest BCUT2D eigenvalue weighted by Crippen LogP contribution is 2.16. The fourth-order valence-corrected chi connectivity index (χ4v) is 3.34. The van der Waals surface area contributed by atoms with E-state index in [2.05, 4.69) is 42.3 Å². The van der Waals surface area contributed by atoms with Crippen LogP contribution in [-0.4, -0.2) is 48.3 Å². The molecule has 3 rings (SSSR count). The first-order valence-electron chi connectivity index (χ1n) is 8.82. The molecule has 0 saturated carbocycles. The fourth-order valence-electron chi connectivity index (χ4n) is 3.34. The summed E-state index contributed by atoms with van der Waals surface area (Å²) in [5.41, 5.74) is 2.29. The van der Waals surface area contributed by atoms with Crippen LogP contribution in [0.2, 0.25) is 0 Å². The van der Waals surface area contributed by atoms with Crippen molar-refractivity contribution in [3.63, 3.8) is 0 Å². The summed E-state index contributed by atoms with van der Waals surface area (Å²) in [5, 5.41) is 4.27. The molecule has 1 aromatic heterocycles. The SMILES string of the molecule is CC(C)CC1COCCN1C(=O)NCCc1cc2ccccc2[nH]1. The second-order valence-electron chi connectivity index (χ2n) is 6.92. The van der Waals surface area contributed by atoms with E-state index in [9.17, 15) is 4.79 Å². The zero-order valence-electron chi connectivity index (χ0n) is 14.5. The number of aromatic nitrogens is 1. The van der Waals surface area contributed by atoms with Gasteiger partial charge < -0.3 is 19.9 Å². The van der Waals surface area contributed by atoms with Gasteiger partial charge in [-0.05, 0) is 29.9 Å². The summed E-state index contributed by atoms with van der Waals surface area (Å²) in [6.45, 7) is 6.95. The third-order valence-electron chi connectivity index (χ3n) is 4.49. The van der Waals surface area contributed by atoms with Gasteiger partial charge in [0.25, 0.3) is 0 Å². The Morgan fingerprint density at radius 3 is 3.04 bits per heavy atom. The summed E-state index contributed by atoms with van der Waals surface area (Å²) in [6.07, 6.45) is 1.79. The Hall–Kier alpha value is -2.01. The lowest BCUT2D eigenvalue weighted by Crippen LogP contribution is -2.53. The number of H-pyrrole nitrogens is 1. The number of aromatic amines is 1. The number of hydrogen-bond donors (Lipinski definition) is 2. The molecule has 2 aromatic rings. The molecule has 130 valence electrons. The molecule has 2 amide bonds. The molecule has 1 aliphatic rings. The molecule has 5 heteroatoms. The van der Waals surface area contributed by atoms with E-state index >= 15 is 0 Å². The molecule has 5 nitrogen and oxygen atoms in total. The van der Waals surface area contributed by atoms with Crippen LogP contribution in [0.15, 0.2) is 30.3 Å². The molecule has 24 heavy (non-hydrogen) atoms. The largest absolute Gasteiger partial charge is 0.377 e. The van der Waals surface area contributed by atoms with Crippen LogP contribution >= 0.6 is 0 Å². The van der Waals surface area contributed by atoms with Gasteiger partial charge in [0.15, 0.2) is 0 Å². The Bertz CT molecular complexity index is 647. The van der Waals surface area contributed by atoms with Gasteiger partial charge in [-0.2, -0.15) is 0 Å². The normalized spacial score (nSPS) is 18.3. The summed E-state index contributed by atoms with van der Waals surface area (Å²) < 4.78 is 5.54. The van der Waals surface area contributed by atoms with Crippen LogP contribution in [0.5, 0.6) is 0 Å². The number of rotatable bonds is 5. The lowest BCUT2D eigenvalue weighted by atomic mass is 10.0. The third kappa shape index (κ3) is 4.09. The number of nitrogens with one attached hydrogen (secondary N) is 2. The van der Waals surface area contributed by atoms with E-state index in [1.807, 2.05) is 17.0 Å². The predicted octanol–water partition coefficient (Wildman–Crippen LogP) is 3.17. The number of morpholine rings is 1. The lowest BCUT2D eigenvalue weighted by Gasteiger charge is -2.36. The number of hydrogen-bond acceptors (Lipinski definition) is 2.